The predicted octanol–water partition coefficient (Wildman–Crippen LogP) is 1.15. The first-order chi connectivity index (χ1) is 7.13. The van der Waals surface area contributed by atoms with E-state index in [0.717, 1.165) is 11.3 Å². The topological polar surface area (TPSA) is 69.1 Å². The fraction of sp³-hybridized carbons (Fsp3) is 0.364. The lowest BCUT2D eigenvalue weighted by atomic mass is 10.1. The van der Waals surface area contributed by atoms with Crippen molar-refractivity contribution in [3.05, 3.63) is 29.8 Å². The van der Waals surface area contributed by atoms with Gasteiger partial charge in [-0.25, -0.2) is 0 Å². The van der Waals surface area contributed by atoms with Gasteiger partial charge in [0.25, 0.3) is 0 Å². The molecule has 1 atom stereocenters. The van der Waals surface area contributed by atoms with Crippen molar-refractivity contribution >= 4 is 17.7 Å². The molecule has 0 radical (unpaired) electrons. The van der Waals surface area contributed by atoms with E-state index in [9.17, 15) is 4.79 Å². The van der Waals surface area contributed by atoms with Crippen LogP contribution < -0.4 is 11.5 Å². The summed E-state index contributed by atoms with van der Waals surface area (Å²) < 4.78 is 0. The molecule has 0 aromatic heterocycles. The third-order valence-corrected chi connectivity index (χ3v) is 2.95. The average Bonchev–Trinajstić information content (AvgIpc) is 2.21. The number of thioether (sulfide) groups is 1. The SMILES string of the molecule is CCSc1ccc(CC(N)C(N)=O)cc1. The van der Waals surface area contributed by atoms with Crippen LogP contribution in [0.15, 0.2) is 29.2 Å². The molecule has 4 heteroatoms. The van der Waals surface area contributed by atoms with E-state index in [2.05, 4.69) is 6.92 Å². The molecule has 1 unspecified atom stereocenters. The Morgan fingerprint density at radius 3 is 2.47 bits per heavy atom. The van der Waals surface area contributed by atoms with Crippen LogP contribution in [0.25, 0.3) is 0 Å². The van der Waals surface area contributed by atoms with E-state index in [-0.39, 0.29) is 0 Å². The van der Waals surface area contributed by atoms with Crippen molar-refractivity contribution in [2.75, 3.05) is 5.75 Å². The van der Waals surface area contributed by atoms with Crippen LogP contribution >= 0.6 is 11.8 Å². The van der Waals surface area contributed by atoms with Gasteiger partial charge in [-0.2, -0.15) is 0 Å². The van der Waals surface area contributed by atoms with Crippen LogP contribution in [0.2, 0.25) is 0 Å². The van der Waals surface area contributed by atoms with E-state index in [1.54, 1.807) is 11.8 Å². The van der Waals surface area contributed by atoms with Crippen LogP contribution in [0.4, 0.5) is 0 Å². The van der Waals surface area contributed by atoms with Crippen LogP contribution in [0.5, 0.6) is 0 Å². The van der Waals surface area contributed by atoms with E-state index in [4.69, 9.17) is 11.5 Å². The quantitative estimate of drug-likeness (QED) is 0.737. The standard InChI is InChI=1S/C11H16N2OS/c1-2-15-9-5-3-8(4-6-9)7-10(12)11(13)14/h3-6,10H,2,7,12H2,1H3,(H2,13,14). The number of carbonyl (C=O) groups is 1. The average molecular weight is 224 g/mol. The zero-order valence-electron chi connectivity index (χ0n) is 8.77. The summed E-state index contributed by atoms with van der Waals surface area (Å²) in [4.78, 5) is 12.0. The second-order valence-corrected chi connectivity index (χ2v) is 4.63. The smallest absolute Gasteiger partial charge is 0.234 e. The first kappa shape index (κ1) is 12.1. The summed E-state index contributed by atoms with van der Waals surface area (Å²) in [5, 5.41) is 0. The Hall–Kier alpha value is -1.00. The molecule has 0 spiro atoms. The molecular formula is C11H16N2OS. The van der Waals surface area contributed by atoms with E-state index in [1.165, 1.54) is 4.90 Å². The maximum absolute atomic E-state index is 10.8. The minimum Gasteiger partial charge on any atom is -0.368 e. The number of carbonyl (C=O) groups excluding carboxylic acids is 1. The van der Waals surface area contributed by atoms with E-state index in [1.807, 2.05) is 24.3 Å². The van der Waals surface area contributed by atoms with Gasteiger partial charge in [-0.05, 0) is 29.9 Å². The lowest BCUT2D eigenvalue weighted by Gasteiger charge is -2.07. The Morgan fingerprint density at radius 2 is 2.00 bits per heavy atom. The summed E-state index contributed by atoms with van der Waals surface area (Å²) in [5.41, 5.74) is 11.7. The molecule has 0 saturated carbocycles. The number of hydrogen-bond acceptors (Lipinski definition) is 3. The molecule has 0 aliphatic rings. The van der Waals surface area contributed by atoms with Crippen LogP contribution in [0.1, 0.15) is 12.5 Å². The molecule has 0 saturated heterocycles. The third kappa shape index (κ3) is 3.93. The van der Waals surface area contributed by atoms with Crippen LogP contribution in [-0.2, 0) is 11.2 Å². The van der Waals surface area contributed by atoms with Gasteiger partial charge in [0.2, 0.25) is 5.91 Å². The van der Waals surface area contributed by atoms with Gasteiger partial charge < -0.3 is 11.5 Å². The molecule has 15 heavy (non-hydrogen) atoms. The summed E-state index contributed by atoms with van der Waals surface area (Å²) in [6.07, 6.45) is 0.506. The van der Waals surface area contributed by atoms with Crippen molar-refractivity contribution < 1.29 is 4.79 Å². The number of rotatable bonds is 5. The predicted molar refractivity (Wildman–Crippen MR) is 63.7 cm³/mol. The molecule has 0 aliphatic carbocycles. The second-order valence-electron chi connectivity index (χ2n) is 3.29. The summed E-state index contributed by atoms with van der Waals surface area (Å²) in [6.45, 7) is 2.11. The Kier molecular flexibility index (Phi) is 4.65. The van der Waals surface area contributed by atoms with Gasteiger partial charge in [0.1, 0.15) is 0 Å². The fourth-order valence-electron chi connectivity index (χ4n) is 1.24. The highest BCUT2D eigenvalue weighted by atomic mass is 32.2. The molecule has 82 valence electrons. The Bertz CT molecular complexity index is 324. The highest BCUT2D eigenvalue weighted by molar-refractivity contribution is 7.99. The van der Waals surface area contributed by atoms with Gasteiger partial charge in [-0.3, -0.25) is 4.79 Å². The largest absolute Gasteiger partial charge is 0.368 e. The van der Waals surface area contributed by atoms with E-state index < -0.39 is 11.9 Å². The van der Waals surface area contributed by atoms with Gasteiger partial charge >= 0.3 is 0 Å². The van der Waals surface area contributed by atoms with Gasteiger partial charge in [-0.1, -0.05) is 19.1 Å². The molecule has 0 aliphatic heterocycles. The second kappa shape index (κ2) is 5.78. The summed E-state index contributed by atoms with van der Waals surface area (Å²) in [7, 11) is 0. The zero-order chi connectivity index (χ0) is 11.3. The Balaban J connectivity index is 2.60. The first-order valence-corrected chi connectivity index (χ1v) is 5.88. The lowest BCUT2D eigenvalue weighted by molar-refractivity contribution is -0.119. The van der Waals surface area contributed by atoms with Gasteiger partial charge in [0.05, 0.1) is 6.04 Å². The molecule has 0 heterocycles. The number of hydrogen-bond donors (Lipinski definition) is 2. The molecule has 4 N–H and O–H groups in total. The summed E-state index contributed by atoms with van der Waals surface area (Å²) >= 11 is 1.79. The minimum atomic E-state index is -0.588. The van der Waals surface area contributed by atoms with E-state index in [0.29, 0.717) is 6.42 Å². The maximum Gasteiger partial charge on any atom is 0.234 e. The molecule has 1 rings (SSSR count). The van der Waals surface area contributed by atoms with Gasteiger partial charge in [0.15, 0.2) is 0 Å². The highest BCUT2D eigenvalue weighted by Crippen LogP contribution is 2.18. The first-order valence-electron chi connectivity index (χ1n) is 4.90. The van der Waals surface area contributed by atoms with Crippen LogP contribution in [-0.4, -0.2) is 17.7 Å². The number of primary amides is 1. The van der Waals surface area contributed by atoms with Crippen molar-refractivity contribution in [2.45, 2.75) is 24.3 Å². The van der Waals surface area contributed by atoms with Crippen molar-refractivity contribution in [3.63, 3.8) is 0 Å². The molecule has 3 nitrogen and oxygen atoms in total. The molecule has 1 aromatic carbocycles. The highest BCUT2D eigenvalue weighted by Gasteiger charge is 2.09. The monoisotopic (exact) mass is 224 g/mol. The fourth-order valence-corrected chi connectivity index (χ4v) is 1.90. The minimum absolute atomic E-state index is 0.456. The summed E-state index contributed by atoms with van der Waals surface area (Å²) in [6, 6.07) is 7.46. The maximum atomic E-state index is 10.8. The van der Waals surface area contributed by atoms with Gasteiger partial charge in [0, 0.05) is 4.90 Å². The molecule has 0 fully saturated rings. The Labute approximate surface area is 94.2 Å². The number of nitrogens with two attached hydrogens (primary N) is 2. The van der Waals surface area contributed by atoms with Crippen LogP contribution in [0.3, 0.4) is 0 Å². The zero-order valence-corrected chi connectivity index (χ0v) is 9.59. The molecule has 0 bridgehead atoms. The van der Waals surface area contributed by atoms with Crippen LogP contribution in [0, 0.1) is 0 Å². The third-order valence-electron chi connectivity index (χ3n) is 2.06. The van der Waals surface area contributed by atoms with E-state index >= 15 is 0 Å². The van der Waals surface area contributed by atoms with Crippen molar-refractivity contribution in [1.29, 1.82) is 0 Å². The normalized spacial score (nSPS) is 12.4. The van der Waals surface area contributed by atoms with Gasteiger partial charge in [-0.15, -0.1) is 11.8 Å². The lowest BCUT2D eigenvalue weighted by Crippen LogP contribution is -2.38. The summed E-state index contributed by atoms with van der Waals surface area (Å²) in [5.74, 6) is 0.599. The van der Waals surface area contributed by atoms with Crippen molar-refractivity contribution in [3.8, 4) is 0 Å². The molecule has 1 amide bonds. The molecular weight excluding hydrogens is 208 g/mol. The molecule has 1 aromatic rings. The van der Waals surface area contributed by atoms with Crippen molar-refractivity contribution in [1.82, 2.24) is 0 Å². The number of amides is 1. The Morgan fingerprint density at radius 1 is 1.40 bits per heavy atom. The van der Waals surface area contributed by atoms with Crippen molar-refractivity contribution in [2.24, 2.45) is 11.5 Å². The number of benzene rings is 1.